The zero-order valence-electron chi connectivity index (χ0n) is 16.2. The highest BCUT2D eigenvalue weighted by Crippen LogP contribution is 2.52. The molecule has 1 aromatic carbocycles. The Morgan fingerprint density at radius 2 is 2.07 bits per heavy atom. The second-order valence-corrected chi connectivity index (χ2v) is 8.78. The van der Waals surface area contributed by atoms with Crippen molar-refractivity contribution in [3.63, 3.8) is 0 Å². The van der Waals surface area contributed by atoms with Crippen LogP contribution >= 0.6 is 0 Å². The number of piperidine rings is 1. The average Bonchev–Trinajstić information content (AvgIpc) is 3.17. The van der Waals surface area contributed by atoms with Crippen LogP contribution in [0.5, 0.6) is 0 Å². The van der Waals surface area contributed by atoms with Gasteiger partial charge >= 0.3 is 0 Å². The largest absolute Gasteiger partial charge is 0.322 e. The molecular formula is C21H26N4O3. The molecule has 0 radical (unpaired) electrons. The van der Waals surface area contributed by atoms with E-state index in [9.17, 15) is 14.4 Å². The van der Waals surface area contributed by atoms with Crippen LogP contribution in [0.15, 0.2) is 18.2 Å². The molecule has 2 atom stereocenters. The lowest BCUT2D eigenvalue weighted by atomic mass is 9.97. The van der Waals surface area contributed by atoms with Crippen molar-refractivity contribution in [3.05, 3.63) is 34.9 Å². The van der Waals surface area contributed by atoms with E-state index in [2.05, 4.69) is 22.6 Å². The smallest absolute Gasteiger partial charge is 0.255 e. The molecule has 5 rings (SSSR count). The molecule has 2 saturated heterocycles. The van der Waals surface area contributed by atoms with E-state index < -0.39 is 6.04 Å². The summed E-state index contributed by atoms with van der Waals surface area (Å²) < 4.78 is 0. The highest BCUT2D eigenvalue weighted by molar-refractivity contribution is 6.05. The Labute approximate surface area is 164 Å². The number of likely N-dealkylation sites (N-methyl/N-ethyl adjacent to an activating group) is 1. The summed E-state index contributed by atoms with van der Waals surface area (Å²) >= 11 is 0. The first-order chi connectivity index (χ1) is 13.5. The van der Waals surface area contributed by atoms with Crippen molar-refractivity contribution in [3.8, 4) is 0 Å². The van der Waals surface area contributed by atoms with Crippen LogP contribution in [0.2, 0.25) is 0 Å². The summed E-state index contributed by atoms with van der Waals surface area (Å²) in [5.74, 6) is -0.699. The summed E-state index contributed by atoms with van der Waals surface area (Å²) in [5.41, 5.74) is 3.18. The van der Waals surface area contributed by atoms with Gasteiger partial charge in [0.2, 0.25) is 11.8 Å². The number of nitrogens with zero attached hydrogens (tertiary/aromatic N) is 2. The summed E-state index contributed by atoms with van der Waals surface area (Å²) in [6.45, 7) is 3.26. The summed E-state index contributed by atoms with van der Waals surface area (Å²) in [5, 5.41) is 5.89. The van der Waals surface area contributed by atoms with Crippen LogP contribution in [0.3, 0.4) is 0 Å². The van der Waals surface area contributed by atoms with Gasteiger partial charge in [0.15, 0.2) is 0 Å². The monoisotopic (exact) mass is 382 g/mol. The Bertz CT molecular complexity index is 863. The number of carbonyl (C=O) groups excluding carboxylic acids is 3. The molecule has 2 N–H and O–H groups in total. The molecule has 0 aromatic heterocycles. The highest BCUT2D eigenvalue weighted by atomic mass is 16.2. The number of nitrogens with one attached hydrogen (secondary N) is 2. The second kappa shape index (κ2) is 6.39. The lowest BCUT2D eigenvalue weighted by Gasteiger charge is -2.30. The molecule has 1 spiro atoms. The first-order valence-electron chi connectivity index (χ1n) is 10.1. The molecule has 1 aromatic rings. The van der Waals surface area contributed by atoms with Crippen LogP contribution in [0.1, 0.15) is 47.2 Å². The third-order valence-electron chi connectivity index (χ3n) is 7.00. The van der Waals surface area contributed by atoms with Crippen LogP contribution in [0.25, 0.3) is 0 Å². The van der Waals surface area contributed by atoms with Gasteiger partial charge in [0.25, 0.3) is 5.91 Å². The van der Waals surface area contributed by atoms with E-state index in [0.29, 0.717) is 24.4 Å². The maximum Gasteiger partial charge on any atom is 0.255 e. The first-order valence-corrected chi connectivity index (χ1v) is 10.1. The van der Waals surface area contributed by atoms with Gasteiger partial charge in [-0.1, -0.05) is 18.2 Å². The summed E-state index contributed by atoms with van der Waals surface area (Å²) in [7, 11) is 2.15. The number of amides is 3. The van der Waals surface area contributed by atoms with Crippen molar-refractivity contribution in [1.82, 2.24) is 20.4 Å². The Kier molecular flexibility index (Phi) is 4.07. The summed E-state index contributed by atoms with van der Waals surface area (Å²) in [4.78, 5) is 40.9. The number of benzene rings is 1. The minimum absolute atomic E-state index is 0.0841. The van der Waals surface area contributed by atoms with E-state index in [1.54, 1.807) is 4.90 Å². The topological polar surface area (TPSA) is 81.8 Å². The SMILES string of the molecule is CN(Cc1cccc2c1C(=O)N(C1CCC(=O)NC1=O)C2)C1CNCC12CC2. The average molecular weight is 382 g/mol. The Balaban J connectivity index is 1.37. The molecule has 7 heteroatoms. The van der Waals surface area contributed by atoms with E-state index in [4.69, 9.17) is 0 Å². The maximum absolute atomic E-state index is 13.2. The number of hydrogen-bond donors (Lipinski definition) is 2. The van der Waals surface area contributed by atoms with Gasteiger partial charge in [-0.15, -0.1) is 0 Å². The molecule has 2 unspecified atom stereocenters. The molecule has 3 heterocycles. The zero-order chi connectivity index (χ0) is 19.5. The molecule has 3 fully saturated rings. The van der Waals surface area contributed by atoms with Gasteiger partial charge in [0, 0.05) is 44.2 Å². The van der Waals surface area contributed by atoms with E-state index in [1.807, 2.05) is 18.2 Å². The van der Waals surface area contributed by atoms with E-state index in [1.165, 1.54) is 12.8 Å². The van der Waals surface area contributed by atoms with Crippen molar-refractivity contribution in [1.29, 1.82) is 0 Å². The summed E-state index contributed by atoms with van der Waals surface area (Å²) in [6, 6.07) is 5.96. The van der Waals surface area contributed by atoms with Crippen LogP contribution in [0.4, 0.5) is 0 Å². The first kappa shape index (κ1) is 17.8. The van der Waals surface area contributed by atoms with Crippen molar-refractivity contribution in [2.24, 2.45) is 5.41 Å². The molecule has 3 amide bonds. The van der Waals surface area contributed by atoms with Crippen LogP contribution in [0, 0.1) is 5.41 Å². The molecule has 1 aliphatic carbocycles. The number of fused-ring (bicyclic) bond motifs is 1. The normalized spacial score (nSPS) is 28.2. The van der Waals surface area contributed by atoms with Crippen molar-refractivity contribution in [2.45, 2.75) is 50.9 Å². The fraction of sp³-hybridized carbons (Fsp3) is 0.571. The lowest BCUT2D eigenvalue weighted by Crippen LogP contribution is -2.52. The molecular weight excluding hydrogens is 356 g/mol. The molecule has 148 valence electrons. The highest BCUT2D eigenvalue weighted by Gasteiger charge is 2.53. The van der Waals surface area contributed by atoms with Crippen molar-refractivity contribution in [2.75, 3.05) is 20.1 Å². The van der Waals surface area contributed by atoms with Gasteiger partial charge in [-0.2, -0.15) is 0 Å². The quantitative estimate of drug-likeness (QED) is 0.747. The third kappa shape index (κ3) is 2.76. The lowest BCUT2D eigenvalue weighted by molar-refractivity contribution is -0.136. The van der Waals surface area contributed by atoms with E-state index in [0.717, 1.165) is 36.3 Å². The molecule has 28 heavy (non-hydrogen) atoms. The number of hydrogen-bond acceptors (Lipinski definition) is 5. The predicted molar refractivity (Wildman–Crippen MR) is 102 cm³/mol. The van der Waals surface area contributed by atoms with Crippen LogP contribution < -0.4 is 10.6 Å². The fourth-order valence-electron chi connectivity index (χ4n) is 5.29. The minimum Gasteiger partial charge on any atom is -0.322 e. The Morgan fingerprint density at radius 1 is 1.25 bits per heavy atom. The zero-order valence-corrected chi connectivity index (χ0v) is 16.2. The Hall–Kier alpha value is -2.25. The van der Waals surface area contributed by atoms with E-state index >= 15 is 0 Å². The molecule has 0 bridgehead atoms. The third-order valence-corrected chi connectivity index (χ3v) is 7.00. The maximum atomic E-state index is 13.2. The van der Waals surface area contributed by atoms with Gasteiger partial charge < -0.3 is 10.2 Å². The number of rotatable bonds is 4. The molecule has 1 saturated carbocycles. The van der Waals surface area contributed by atoms with Crippen LogP contribution in [-0.4, -0.2) is 59.7 Å². The number of imide groups is 1. The van der Waals surface area contributed by atoms with Gasteiger partial charge in [-0.05, 0) is 42.9 Å². The van der Waals surface area contributed by atoms with Crippen molar-refractivity contribution >= 4 is 17.7 Å². The number of carbonyl (C=O) groups is 3. The fourth-order valence-corrected chi connectivity index (χ4v) is 5.29. The predicted octanol–water partition coefficient (Wildman–Crippen LogP) is 0.631. The van der Waals surface area contributed by atoms with Gasteiger partial charge in [-0.25, -0.2) is 0 Å². The van der Waals surface area contributed by atoms with Gasteiger partial charge in [0.05, 0.1) is 0 Å². The Morgan fingerprint density at radius 3 is 2.82 bits per heavy atom. The molecule has 7 nitrogen and oxygen atoms in total. The van der Waals surface area contributed by atoms with E-state index in [-0.39, 0.29) is 24.1 Å². The van der Waals surface area contributed by atoms with Crippen molar-refractivity contribution < 1.29 is 14.4 Å². The van der Waals surface area contributed by atoms with Gasteiger partial charge in [-0.3, -0.25) is 24.6 Å². The minimum atomic E-state index is -0.558. The van der Waals surface area contributed by atoms with Crippen LogP contribution in [-0.2, 0) is 22.7 Å². The summed E-state index contributed by atoms with van der Waals surface area (Å²) in [6.07, 6.45) is 3.24. The second-order valence-electron chi connectivity index (χ2n) is 8.78. The molecule has 3 aliphatic heterocycles. The standard InChI is InChI=1S/C21H26N4O3/c1-24(16-9-22-12-21(16)7-8-21)10-13-3-2-4-14-11-25(20(28)18(13)14)15-5-6-17(26)23-19(15)27/h2-4,15-16,22H,5-12H2,1H3,(H,23,26,27). The van der Waals surface area contributed by atoms with Gasteiger partial charge in [0.1, 0.15) is 6.04 Å². The molecule has 4 aliphatic rings.